The average Bonchev–Trinajstić information content (AvgIpc) is 3.51. The first kappa shape index (κ1) is 24.8. The molecule has 6 rings (SSSR count). The number of hydrogen-bond donors (Lipinski definition) is 2. The molecule has 2 aromatic carbocycles. The molecule has 2 aliphatic heterocycles. The van der Waals surface area contributed by atoms with Crippen molar-refractivity contribution < 1.29 is 18.3 Å². The molecule has 0 bridgehead atoms. The number of amides is 1. The lowest BCUT2D eigenvalue weighted by Gasteiger charge is -2.36. The van der Waals surface area contributed by atoms with Crippen LogP contribution in [0, 0.1) is 29.0 Å². The van der Waals surface area contributed by atoms with Gasteiger partial charge in [-0.2, -0.15) is 5.26 Å². The third kappa shape index (κ3) is 3.94. The quantitative estimate of drug-likeness (QED) is 0.487. The minimum Gasteiger partial charge on any atom is -0.480 e. The van der Waals surface area contributed by atoms with Crippen LogP contribution in [0.15, 0.2) is 48.8 Å². The number of halogens is 3. The Kier molecular flexibility index (Phi) is 6.12. The number of nitriles is 1. The third-order valence-electron chi connectivity index (χ3n) is 8.23. The highest BCUT2D eigenvalue weighted by Crippen LogP contribution is 2.53. The van der Waals surface area contributed by atoms with Gasteiger partial charge in [-0.3, -0.25) is 4.79 Å². The highest BCUT2D eigenvalue weighted by molar-refractivity contribution is 6.31. The molecule has 3 N–H and O–H groups in total. The molecule has 1 saturated carbocycles. The molecule has 1 amide bonds. The Morgan fingerprint density at radius 2 is 2.11 bits per heavy atom. The van der Waals surface area contributed by atoms with Crippen LogP contribution >= 0.6 is 11.6 Å². The molecule has 0 spiro atoms. The zero-order chi connectivity index (χ0) is 26.6. The van der Waals surface area contributed by atoms with Gasteiger partial charge in [0.05, 0.1) is 17.0 Å². The number of carbonyl (C=O) groups excluding carboxylic acids is 1. The largest absolute Gasteiger partial charge is 0.480 e. The Hall–Kier alpha value is -3.48. The van der Waals surface area contributed by atoms with Crippen LogP contribution < -0.4 is 15.8 Å². The van der Waals surface area contributed by atoms with Crippen LogP contribution in [0.5, 0.6) is 5.75 Å². The second-order valence-corrected chi connectivity index (χ2v) is 10.8. The molecule has 1 aliphatic carbocycles. The molecule has 7 nitrogen and oxygen atoms in total. The average molecular weight is 538 g/mol. The van der Waals surface area contributed by atoms with E-state index in [9.17, 15) is 4.79 Å². The smallest absolute Gasteiger partial charge is 0.223 e. The molecule has 1 fully saturated rings. The van der Waals surface area contributed by atoms with Gasteiger partial charge in [0.15, 0.2) is 11.8 Å². The van der Waals surface area contributed by atoms with Gasteiger partial charge in [-0.1, -0.05) is 41.9 Å². The van der Waals surface area contributed by atoms with E-state index in [1.165, 1.54) is 12.3 Å². The number of nitrogens with zero attached hydrogens (tertiary/aromatic N) is 3. The maximum Gasteiger partial charge on any atom is 0.223 e. The number of alkyl halides is 1. The van der Waals surface area contributed by atoms with Gasteiger partial charge in [-0.25, -0.2) is 13.8 Å². The molecule has 3 aromatic rings. The van der Waals surface area contributed by atoms with Crippen LogP contribution in [-0.4, -0.2) is 28.0 Å². The Bertz CT molecular complexity index is 1430. The van der Waals surface area contributed by atoms with Crippen LogP contribution in [0.2, 0.25) is 5.02 Å². The number of ether oxygens (including phenoxy) is 1. The van der Waals surface area contributed by atoms with Crippen molar-refractivity contribution in [1.82, 2.24) is 14.9 Å². The zero-order valence-electron chi connectivity index (χ0n) is 20.4. The lowest BCUT2D eigenvalue weighted by atomic mass is 9.75. The molecule has 196 valence electrons. The van der Waals surface area contributed by atoms with E-state index in [0.717, 1.165) is 18.4 Å². The molecule has 0 saturated heterocycles. The monoisotopic (exact) mass is 537 g/mol. The van der Waals surface area contributed by atoms with Crippen LogP contribution in [0.25, 0.3) is 0 Å². The van der Waals surface area contributed by atoms with Gasteiger partial charge < -0.3 is 20.4 Å². The summed E-state index contributed by atoms with van der Waals surface area (Å²) in [5.41, 5.74) is 6.46. The first-order chi connectivity index (χ1) is 18.3. The predicted molar refractivity (Wildman–Crippen MR) is 135 cm³/mol. The normalized spacial score (nSPS) is 29.5. The Balaban J connectivity index is 1.43. The topological polar surface area (TPSA) is 106 Å². The van der Waals surface area contributed by atoms with Crippen LogP contribution in [0.1, 0.15) is 47.4 Å². The summed E-state index contributed by atoms with van der Waals surface area (Å²) in [6.07, 6.45) is 3.12. The fraction of sp³-hybridized carbons (Fsp3) is 0.393. The van der Waals surface area contributed by atoms with Gasteiger partial charge in [0, 0.05) is 61.4 Å². The molecule has 4 atom stereocenters. The van der Waals surface area contributed by atoms with Crippen molar-refractivity contribution in [1.29, 1.82) is 5.26 Å². The van der Waals surface area contributed by atoms with Crippen molar-refractivity contribution in [2.24, 2.45) is 17.6 Å². The highest BCUT2D eigenvalue weighted by Gasteiger charge is 2.49. The molecular weight excluding hydrogens is 512 g/mol. The van der Waals surface area contributed by atoms with E-state index in [1.54, 1.807) is 10.8 Å². The van der Waals surface area contributed by atoms with E-state index in [-0.39, 0.29) is 47.1 Å². The zero-order valence-corrected chi connectivity index (χ0v) is 21.2. The number of nitrogens with two attached hydrogens (primary N) is 1. The highest BCUT2D eigenvalue weighted by atomic mass is 35.5. The Labute approximate surface area is 223 Å². The van der Waals surface area contributed by atoms with Gasteiger partial charge in [-0.05, 0) is 24.0 Å². The number of benzene rings is 2. The fourth-order valence-electron chi connectivity index (χ4n) is 6.14. The van der Waals surface area contributed by atoms with Gasteiger partial charge in [0.1, 0.15) is 17.4 Å². The number of rotatable bonds is 6. The summed E-state index contributed by atoms with van der Waals surface area (Å²) in [5, 5.41) is 12.4. The van der Waals surface area contributed by atoms with E-state index in [1.807, 2.05) is 30.3 Å². The minimum absolute atomic E-state index is 0.0347. The number of carbonyl (C=O) groups is 1. The number of nitrogens with one attached hydrogen (secondary N) is 1. The lowest BCUT2D eigenvalue weighted by Crippen LogP contribution is -2.49. The van der Waals surface area contributed by atoms with Crippen molar-refractivity contribution in [2.75, 3.05) is 6.54 Å². The summed E-state index contributed by atoms with van der Waals surface area (Å²) in [5.74, 6) is -3.08. The number of fused-ring (bicyclic) bond motifs is 2. The maximum atomic E-state index is 16.1. The van der Waals surface area contributed by atoms with E-state index < -0.39 is 35.3 Å². The molecule has 3 aliphatic rings. The van der Waals surface area contributed by atoms with Gasteiger partial charge in [0.2, 0.25) is 5.91 Å². The second kappa shape index (κ2) is 9.37. The summed E-state index contributed by atoms with van der Waals surface area (Å²) >= 11 is 6.55. The van der Waals surface area contributed by atoms with Crippen LogP contribution in [0.3, 0.4) is 0 Å². The number of hydrogen-bond acceptors (Lipinski definition) is 5. The first-order valence-electron chi connectivity index (χ1n) is 12.6. The number of imidazole rings is 1. The molecule has 3 unspecified atom stereocenters. The first-order valence-corrected chi connectivity index (χ1v) is 13.0. The SMILES string of the molecule is N#CC1CC(NC[C@@]2(c3ccccc3)Cc3c(cc(F)c(Cl)c3C3C(C(N)=O)Cn4ccnc4C3F)O2)C1. The summed E-state index contributed by atoms with van der Waals surface area (Å²) in [7, 11) is 0. The fourth-order valence-corrected chi connectivity index (χ4v) is 6.44. The minimum atomic E-state index is -1.72. The number of primary amides is 1. The number of aromatic nitrogens is 2. The predicted octanol–water partition coefficient (Wildman–Crippen LogP) is 4.31. The van der Waals surface area contributed by atoms with Gasteiger partial charge in [0.25, 0.3) is 0 Å². The summed E-state index contributed by atoms with van der Waals surface area (Å²) in [6.45, 7) is 0.506. The second-order valence-electron chi connectivity index (χ2n) is 10.5. The molecule has 38 heavy (non-hydrogen) atoms. The van der Waals surface area contributed by atoms with Crippen molar-refractivity contribution in [3.63, 3.8) is 0 Å². The molecule has 1 aromatic heterocycles. The van der Waals surface area contributed by atoms with Gasteiger partial charge in [-0.15, -0.1) is 0 Å². The van der Waals surface area contributed by atoms with E-state index in [2.05, 4.69) is 16.4 Å². The van der Waals surface area contributed by atoms with Crippen molar-refractivity contribution in [2.45, 2.75) is 49.5 Å². The third-order valence-corrected chi connectivity index (χ3v) is 8.61. The van der Waals surface area contributed by atoms with E-state index in [4.69, 9.17) is 27.3 Å². The van der Waals surface area contributed by atoms with Gasteiger partial charge >= 0.3 is 0 Å². The maximum absolute atomic E-state index is 16.1. The van der Waals surface area contributed by atoms with Crippen molar-refractivity contribution >= 4 is 17.5 Å². The standard InChI is InChI=1S/C28H26ClF2N5O2/c29-24-20(30)10-21-18(22(24)23-19(26(33)37)13-36-7-6-34-27(36)25(23)31)11-28(38-21,16-4-2-1-3-5-16)14-35-17-8-15(9-17)12-32/h1-7,10,15,17,19,23,25,35H,8-9,11,13-14H2,(H2,33,37)/t15?,17?,19?,23?,25?,28-/m1/s1. The van der Waals surface area contributed by atoms with E-state index in [0.29, 0.717) is 12.1 Å². The molecule has 0 radical (unpaired) electrons. The van der Waals surface area contributed by atoms with Crippen molar-refractivity contribution in [3.8, 4) is 11.8 Å². The summed E-state index contributed by atoms with van der Waals surface area (Å²) in [4.78, 5) is 16.7. The Morgan fingerprint density at radius 1 is 1.34 bits per heavy atom. The van der Waals surface area contributed by atoms with Crippen LogP contribution in [0.4, 0.5) is 8.78 Å². The Morgan fingerprint density at radius 3 is 2.82 bits per heavy atom. The molecular formula is C28H26ClF2N5O2. The van der Waals surface area contributed by atoms with E-state index >= 15 is 8.78 Å². The molecule has 10 heteroatoms. The summed E-state index contributed by atoms with van der Waals surface area (Å²) < 4.78 is 39.5. The van der Waals surface area contributed by atoms with Crippen molar-refractivity contribution in [3.05, 3.63) is 82.1 Å². The van der Waals surface area contributed by atoms with Crippen LogP contribution in [-0.2, 0) is 23.4 Å². The molecule has 3 heterocycles. The lowest BCUT2D eigenvalue weighted by molar-refractivity contribution is -0.124. The summed E-state index contributed by atoms with van der Waals surface area (Å²) in [6, 6.07) is 13.2.